The molecule has 0 spiro atoms. The topological polar surface area (TPSA) is 51.8 Å². The van der Waals surface area contributed by atoms with Gasteiger partial charge in [-0.15, -0.1) is 5.10 Å². The molecule has 1 aromatic carbocycles. The van der Waals surface area contributed by atoms with Crippen molar-refractivity contribution in [1.29, 1.82) is 0 Å². The van der Waals surface area contributed by atoms with Crippen molar-refractivity contribution in [3.8, 4) is 5.69 Å². The van der Waals surface area contributed by atoms with Gasteiger partial charge in [-0.3, -0.25) is 0 Å². The second-order valence-electron chi connectivity index (χ2n) is 6.82. The van der Waals surface area contributed by atoms with Crippen LogP contribution in [0.3, 0.4) is 0 Å². The van der Waals surface area contributed by atoms with Crippen molar-refractivity contribution in [3.63, 3.8) is 0 Å². The van der Waals surface area contributed by atoms with Crippen LogP contribution in [0.2, 0.25) is 0 Å². The largest absolute Gasteiger partial charge is 0.453 e. The predicted octanol–water partition coefficient (Wildman–Crippen LogP) is 3.69. The van der Waals surface area contributed by atoms with Crippen molar-refractivity contribution in [2.45, 2.75) is 32.5 Å². The van der Waals surface area contributed by atoms with Crippen LogP contribution in [0.15, 0.2) is 30.5 Å². The van der Waals surface area contributed by atoms with Gasteiger partial charge in [0.05, 0.1) is 29.3 Å². The third-order valence-electron chi connectivity index (χ3n) is 4.96. The lowest BCUT2D eigenvalue weighted by Gasteiger charge is -2.18. The Bertz CT molecular complexity index is 989. The first-order valence-corrected chi connectivity index (χ1v) is 8.80. The normalized spacial score (nSPS) is 17.5. The van der Waals surface area contributed by atoms with Crippen LogP contribution in [-0.2, 0) is 6.18 Å². The summed E-state index contributed by atoms with van der Waals surface area (Å²) in [5.41, 5.74) is 2.50. The minimum atomic E-state index is -4.55. The molecule has 0 amide bonds. The second kappa shape index (κ2) is 6.61. The summed E-state index contributed by atoms with van der Waals surface area (Å²) in [6.07, 6.45) is -2.18. The molecule has 0 saturated carbocycles. The number of nitrogens with zero attached hydrogens (tertiary/aromatic N) is 6. The number of halogens is 4. The molecule has 1 saturated heterocycles. The van der Waals surface area contributed by atoms with Crippen molar-refractivity contribution >= 4 is 5.69 Å². The van der Waals surface area contributed by atoms with E-state index in [-0.39, 0.29) is 17.7 Å². The highest BCUT2D eigenvalue weighted by atomic mass is 19.4. The Morgan fingerprint density at radius 3 is 2.46 bits per heavy atom. The molecule has 3 heterocycles. The summed E-state index contributed by atoms with van der Waals surface area (Å²) in [4.78, 5) is 5.62. The average Bonchev–Trinajstić information content (AvgIpc) is 3.33. The van der Waals surface area contributed by atoms with Gasteiger partial charge in [-0.05, 0) is 44.5 Å². The predicted molar refractivity (Wildman–Crippen MR) is 93.9 cm³/mol. The highest BCUT2D eigenvalue weighted by molar-refractivity contribution is 5.52. The van der Waals surface area contributed by atoms with Crippen LogP contribution in [0.5, 0.6) is 0 Å². The van der Waals surface area contributed by atoms with Crippen LogP contribution >= 0.6 is 0 Å². The van der Waals surface area contributed by atoms with Crippen LogP contribution in [0.1, 0.15) is 29.8 Å². The molecule has 1 aliphatic rings. The number of hydrogen-bond donors (Lipinski definition) is 0. The quantitative estimate of drug-likeness (QED) is 0.636. The standard InChI is InChI=1S/C18H18F4N6/c1-11-16(9-23-27(11)14-5-3-13(19)4-6-14)26-8-7-15(10-26)28-12(2)24-17(25-28)18(20,21)22/h3-6,9,15H,7-8,10H2,1-2H3. The minimum absolute atomic E-state index is 0.197. The SMILES string of the molecule is Cc1c(N2CCC(n3nc(C(F)(F)F)nc3C)C2)cnn1-c1ccc(F)cc1. The van der Waals surface area contributed by atoms with Crippen molar-refractivity contribution in [1.82, 2.24) is 24.5 Å². The molecule has 1 fully saturated rings. The Balaban J connectivity index is 1.55. The van der Waals surface area contributed by atoms with E-state index >= 15 is 0 Å². The van der Waals surface area contributed by atoms with Gasteiger partial charge in [0.1, 0.15) is 11.6 Å². The molecule has 2 aromatic heterocycles. The summed E-state index contributed by atoms with van der Waals surface area (Å²) in [6, 6.07) is 5.82. The zero-order valence-electron chi connectivity index (χ0n) is 15.3. The van der Waals surface area contributed by atoms with Gasteiger partial charge in [0.2, 0.25) is 0 Å². The van der Waals surface area contributed by atoms with E-state index in [1.54, 1.807) is 23.0 Å². The van der Waals surface area contributed by atoms with E-state index in [0.29, 0.717) is 19.5 Å². The number of benzene rings is 1. The van der Waals surface area contributed by atoms with E-state index in [2.05, 4.69) is 20.1 Å². The molecular weight excluding hydrogens is 376 g/mol. The molecule has 4 rings (SSSR count). The lowest BCUT2D eigenvalue weighted by atomic mass is 10.3. The summed E-state index contributed by atoms with van der Waals surface area (Å²) >= 11 is 0. The molecule has 0 radical (unpaired) electrons. The molecule has 1 unspecified atom stereocenters. The van der Waals surface area contributed by atoms with Gasteiger partial charge in [-0.1, -0.05) is 0 Å². The first-order valence-electron chi connectivity index (χ1n) is 8.80. The molecular formula is C18H18F4N6. The summed E-state index contributed by atoms with van der Waals surface area (Å²) in [6.45, 7) is 4.61. The highest BCUT2D eigenvalue weighted by Gasteiger charge is 2.38. The maximum atomic E-state index is 13.1. The minimum Gasteiger partial charge on any atom is -0.367 e. The molecule has 0 aliphatic carbocycles. The second-order valence-corrected chi connectivity index (χ2v) is 6.82. The molecule has 1 aliphatic heterocycles. The summed E-state index contributed by atoms with van der Waals surface area (Å²) in [5.74, 6) is -1.18. The van der Waals surface area contributed by atoms with Crippen molar-refractivity contribution in [2.75, 3.05) is 18.0 Å². The zero-order valence-corrected chi connectivity index (χ0v) is 15.3. The van der Waals surface area contributed by atoms with Crippen molar-refractivity contribution in [2.24, 2.45) is 0 Å². The Morgan fingerprint density at radius 2 is 1.82 bits per heavy atom. The number of hydrogen-bond acceptors (Lipinski definition) is 4. The number of aryl methyl sites for hydroxylation is 1. The lowest BCUT2D eigenvalue weighted by molar-refractivity contribution is -0.145. The number of aromatic nitrogens is 5. The first-order chi connectivity index (χ1) is 13.2. The molecule has 148 valence electrons. The maximum absolute atomic E-state index is 13.1. The molecule has 0 N–H and O–H groups in total. The zero-order chi connectivity index (χ0) is 20.1. The number of anilines is 1. The van der Waals surface area contributed by atoms with Gasteiger partial charge in [0.15, 0.2) is 0 Å². The molecule has 6 nitrogen and oxygen atoms in total. The summed E-state index contributed by atoms with van der Waals surface area (Å²) in [7, 11) is 0. The van der Waals surface area contributed by atoms with Gasteiger partial charge in [0.25, 0.3) is 5.82 Å². The van der Waals surface area contributed by atoms with Crippen molar-refractivity contribution in [3.05, 3.63) is 53.6 Å². The van der Waals surface area contributed by atoms with E-state index in [9.17, 15) is 17.6 Å². The van der Waals surface area contributed by atoms with E-state index in [0.717, 1.165) is 17.1 Å². The molecule has 10 heteroatoms. The fourth-order valence-corrected chi connectivity index (χ4v) is 3.58. The average molecular weight is 394 g/mol. The van der Waals surface area contributed by atoms with E-state index in [1.807, 2.05) is 6.92 Å². The number of alkyl halides is 3. The Kier molecular flexibility index (Phi) is 4.35. The van der Waals surface area contributed by atoms with Crippen LogP contribution in [-0.4, -0.2) is 37.6 Å². The third-order valence-corrected chi connectivity index (χ3v) is 4.96. The van der Waals surface area contributed by atoms with E-state index in [1.165, 1.54) is 23.7 Å². The smallest absolute Gasteiger partial charge is 0.367 e. The van der Waals surface area contributed by atoms with Gasteiger partial charge in [-0.25, -0.2) is 18.7 Å². The van der Waals surface area contributed by atoms with E-state index in [4.69, 9.17) is 0 Å². The molecule has 1 atom stereocenters. The van der Waals surface area contributed by atoms with Gasteiger partial charge in [-0.2, -0.15) is 18.3 Å². The first kappa shape index (κ1) is 18.5. The highest BCUT2D eigenvalue weighted by Crippen LogP contribution is 2.32. The molecule has 3 aromatic rings. The van der Waals surface area contributed by atoms with Crippen LogP contribution in [0.4, 0.5) is 23.2 Å². The Labute approximate surface area is 158 Å². The van der Waals surface area contributed by atoms with E-state index < -0.39 is 12.0 Å². The fourth-order valence-electron chi connectivity index (χ4n) is 3.58. The van der Waals surface area contributed by atoms with Crippen LogP contribution < -0.4 is 4.90 Å². The lowest BCUT2D eigenvalue weighted by Crippen LogP contribution is -2.22. The number of rotatable bonds is 3. The van der Waals surface area contributed by atoms with Gasteiger partial charge in [0, 0.05) is 13.1 Å². The Morgan fingerprint density at radius 1 is 1.11 bits per heavy atom. The van der Waals surface area contributed by atoms with Crippen LogP contribution in [0, 0.1) is 19.7 Å². The van der Waals surface area contributed by atoms with Crippen molar-refractivity contribution < 1.29 is 17.6 Å². The summed E-state index contributed by atoms with van der Waals surface area (Å²) < 4.78 is 54.8. The van der Waals surface area contributed by atoms with Gasteiger partial charge >= 0.3 is 6.18 Å². The molecule has 28 heavy (non-hydrogen) atoms. The summed E-state index contributed by atoms with van der Waals surface area (Å²) in [5, 5.41) is 8.05. The van der Waals surface area contributed by atoms with Crippen LogP contribution in [0.25, 0.3) is 5.69 Å². The Hall–Kier alpha value is -2.91. The fraction of sp³-hybridized carbons (Fsp3) is 0.389. The molecule has 0 bridgehead atoms. The monoisotopic (exact) mass is 394 g/mol. The van der Waals surface area contributed by atoms with Gasteiger partial charge < -0.3 is 4.90 Å². The third kappa shape index (κ3) is 3.23. The maximum Gasteiger partial charge on any atom is 0.453 e.